The average molecular weight is 301 g/mol. The largest absolute Gasteiger partial charge is 0.377 e. The zero-order valence-corrected chi connectivity index (χ0v) is 12.1. The highest BCUT2D eigenvalue weighted by Crippen LogP contribution is 2.31. The van der Waals surface area contributed by atoms with Gasteiger partial charge < -0.3 is 9.88 Å². The van der Waals surface area contributed by atoms with Crippen LogP contribution in [0.15, 0.2) is 30.5 Å². The molecule has 0 amide bonds. The van der Waals surface area contributed by atoms with Crippen molar-refractivity contribution in [2.45, 2.75) is 26.4 Å². The molecule has 0 saturated carbocycles. The monoisotopic (exact) mass is 300 g/mol. The number of nitrogens with one attached hydrogen (secondary N) is 1. The first-order valence-electron chi connectivity index (χ1n) is 6.14. The molecule has 0 fully saturated rings. The van der Waals surface area contributed by atoms with Crippen molar-refractivity contribution in [3.8, 4) is 0 Å². The molecule has 0 aliphatic carbocycles. The van der Waals surface area contributed by atoms with Crippen molar-refractivity contribution in [1.82, 2.24) is 4.57 Å². The van der Waals surface area contributed by atoms with Gasteiger partial charge in [0.2, 0.25) is 0 Å². The number of benzene rings is 1. The number of aromatic nitrogens is 1. The van der Waals surface area contributed by atoms with Crippen LogP contribution in [0.4, 0.5) is 10.1 Å². The number of rotatable bonds is 5. The minimum absolute atomic E-state index is 0.290. The lowest BCUT2D eigenvalue weighted by molar-refractivity contribution is 0.628. The maximum Gasteiger partial charge on any atom is 0.126 e. The van der Waals surface area contributed by atoms with E-state index in [4.69, 9.17) is 23.2 Å². The SMILES string of the molecule is CCCn1cccc1CNc1c(Cl)cc(F)cc1Cl. The van der Waals surface area contributed by atoms with Gasteiger partial charge in [0.15, 0.2) is 0 Å². The molecule has 5 heteroatoms. The van der Waals surface area contributed by atoms with Gasteiger partial charge in [-0.25, -0.2) is 4.39 Å². The third kappa shape index (κ3) is 3.43. The molecule has 1 aromatic carbocycles. The second-order valence-corrected chi connectivity index (χ2v) is 5.11. The van der Waals surface area contributed by atoms with Crippen LogP contribution in [-0.4, -0.2) is 4.57 Å². The molecule has 0 spiro atoms. The molecule has 102 valence electrons. The van der Waals surface area contributed by atoms with E-state index in [1.807, 2.05) is 18.3 Å². The highest BCUT2D eigenvalue weighted by atomic mass is 35.5. The Morgan fingerprint density at radius 3 is 2.58 bits per heavy atom. The van der Waals surface area contributed by atoms with Gasteiger partial charge in [-0.2, -0.15) is 0 Å². The second kappa shape index (κ2) is 6.31. The standard InChI is InChI=1S/C14H15Cl2FN2/c1-2-5-19-6-3-4-11(19)9-18-14-12(15)7-10(17)8-13(14)16/h3-4,6-8,18H,2,5,9H2,1H3. The summed E-state index contributed by atoms with van der Waals surface area (Å²) < 4.78 is 15.3. The Morgan fingerprint density at radius 1 is 1.26 bits per heavy atom. The van der Waals surface area contributed by atoms with E-state index >= 15 is 0 Å². The van der Waals surface area contributed by atoms with Crippen LogP contribution >= 0.6 is 23.2 Å². The van der Waals surface area contributed by atoms with E-state index in [1.165, 1.54) is 12.1 Å². The van der Waals surface area contributed by atoms with Crippen molar-refractivity contribution in [3.63, 3.8) is 0 Å². The first kappa shape index (κ1) is 14.2. The fourth-order valence-electron chi connectivity index (χ4n) is 1.96. The van der Waals surface area contributed by atoms with Gasteiger partial charge in [0, 0.05) is 18.4 Å². The highest BCUT2D eigenvalue weighted by molar-refractivity contribution is 6.39. The predicted octanol–water partition coefficient (Wildman–Crippen LogP) is 4.96. The van der Waals surface area contributed by atoms with Crippen LogP contribution in [0, 0.1) is 5.82 Å². The first-order valence-corrected chi connectivity index (χ1v) is 6.90. The van der Waals surface area contributed by atoms with Crippen LogP contribution in [0.3, 0.4) is 0 Å². The molecule has 0 aliphatic rings. The Balaban J connectivity index is 2.12. The molecule has 0 saturated heterocycles. The van der Waals surface area contributed by atoms with Crippen LogP contribution < -0.4 is 5.32 Å². The number of halogens is 3. The van der Waals surface area contributed by atoms with Crippen LogP contribution in [0.5, 0.6) is 0 Å². The molecule has 0 bridgehead atoms. The Labute approximate surface area is 122 Å². The lowest BCUT2D eigenvalue weighted by Crippen LogP contribution is -2.07. The summed E-state index contributed by atoms with van der Waals surface area (Å²) in [6, 6.07) is 6.54. The molecule has 0 unspecified atom stereocenters. The molecule has 19 heavy (non-hydrogen) atoms. The molecule has 0 radical (unpaired) electrons. The third-order valence-electron chi connectivity index (χ3n) is 2.84. The van der Waals surface area contributed by atoms with E-state index in [9.17, 15) is 4.39 Å². The fourth-order valence-corrected chi connectivity index (χ4v) is 2.55. The minimum Gasteiger partial charge on any atom is -0.377 e. The molecule has 2 nitrogen and oxygen atoms in total. The van der Waals surface area contributed by atoms with E-state index in [2.05, 4.69) is 16.8 Å². The molecule has 1 N–H and O–H groups in total. The number of hydrogen-bond acceptors (Lipinski definition) is 1. The molecule has 1 heterocycles. The van der Waals surface area contributed by atoms with Crippen LogP contribution in [0.2, 0.25) is 10.0 Å². The topological polar surface area (TPSA) is 17.0 Å². The summed E-state index contributed by atoms with van der Waals surface area (Å²) in [5.41, 5.74) is 1.70. The Hall–Kier alpha value is -1.19. The summed E-state index contributed by atoms with van der Waals surface area (Å²) in [5.74, 6) is -0.435. The number of anilines is 1. The van der Waals surface area contributed by atoms with Gasteiger partial charge in [-0.05, 0) is 30.7 Å². The number of aryl methyl sites for hydroxylation is 1. The molecule has 0 aliphatic heterocycles. The quantitative estimate of drug-likeness (QED) is 0.826. The first-order chi connectivity index (χ1) is 9.11. The molecule has 2 rings (SSSR count). The summed E-state index contributed by atoms with van der Waals surface area (Å²) in [4.78, 5) is 0. The smallest absolute Gasteiger partial charge is 0.126 e. The molecule has 0 atom stereocenters. The lowest BCUT2D eigenvalue weighted by Gasteiger charge is -2.12. The van der Waals surface area contributed by atoms with Crippen LogP contribution in [0.25, 0.3) is 0 Å². The molecule has 2 aromatic rings. The zero-order chi connectivity index (χ0) is 13.8. The highest BCUT2D eigenvalue weighted by Gasteiger charge is 2.09. The van der Waals surface area contributed by atoms with Gasteiger partial charge >= 0.3 is 0 Å². The van der Waals surface area contributed by atoms with Gasteiger partial charge in [0.05, 0.1) is 22.3 Å². The lowest BCUT2D eigenvalue weighted by atomic mass is 10.3. The van der Waals surface area contributed by atoms with Gasteiger partial charge in [0.1, 0.15) is 5.82 Å². The van der Waals surface area contributed by atoms with E-state index in [-0.39, 0.29) is 0 Å². The average Bonchev–Trinajstić information content (AvgIpc) is 2.76. The number of hydrogen-bond donors (Lipinski definition) is 1. The van der Waals surface area contributed by atoms with Gasteiger partial charge in [-0.1, -0.05) is 30.1 Å². The van der Waals surface area contributed by atoms with Gasteiger partial charge in [-0.15, -0.1) is 0 Å². The summed E-state index contributed by atoms with van der Waals surface area (Å²) in [5, 5.41) is 3.74. The zero-order valence-electron chi connectivity index (χ0n) is 10.6. The van der Waals surface area contributed by atoms with E-state index in [0.717, 1.165) is 18.7 Å². The molecular formula is C14H15Cl2FN2. The van der Waals surface area contributed by atoms with Crippen molar-refractivity contribution in [1.29, 1.82) is 0 Å². The predicted molar refractivity (Wildman–Crippen MR) is 78.5 cm³/mol. The maximum atomic E-state index is 13.1. The molecular weight excluding hydrogens is 286 g/mol. The fraction of sp³-hybridized carbons (Fsp3) is 0.286. The van der Waals surface area contributed by atoms with Crippen molar-refractivity contribution in [3.05, 3.63) is 52.0 Å². The summed E-state index contributed by atoms with van der Waals surface area (Å²) in [7, 11) is 0. The van der Waals surface area contributed by atoms with E-state index < -0.39 is 5.82 Å². The molecule has 1 aromatic heterocycles. The van der Waals surface area contributed by atoms with Crippen molar-refractivity contribution >= 4 is 28.9 Å². The Kier molecular flexibility index (Phi) is 4.72. The Morgan fingerprint density at radius 2 is 1.95 bits per heavy atom. The summed E-state index contributed by atoms with van der Waals surface area (Å²) in [6.07, 6.45) is 3.11. The van der Waals surface area contributed by atoms with Gasteiger partial charge in [-0.3, -0.25) is 0 Å². The van der Waals surface area contributed by atoms with Crippen molar-refractivity contribution < 1.29 is 4.39 Å². The van der Waals surface area contributed by atoms with Crippen LogP contribution in [-0.2, 0) is 13.1 Å². The van der Waals surface area contributed by atoms with Gasteiger partial charge in [0.25, 0.3) is 0 Å². The third-order valence-corrected chi connectivity index (χ3v) is 3.44. The number of nitrogens with zero attached hydrogens (tertiary/aromatic N) is 1. The Bertz CT molecular complexity index is 543. The van der Waals surface area contributed by atoms with E-state index in [0.29, 0.717) is 22.3 Å². The van der Waals surface area contributed by atoms with E-state index in [1.54, 1.807) is 0 Å². The minimum atomic E-state index is -0.435. The second-order valence-electron chi connectivity index (χ2n) is 4.29. The van der Waals surface area contributed by atoms with Crippen molar-refractivity contribution in [2.75, 3.05) is 5.32 Å². The summed E-state index contributed by atoms with van der Waals surface area (Å²) in [6.45, 7) is 3.69. The van der Waals surface area contributed by atoms with Crippen molar-refractivity contribution in [2.24, 2.45) is 0 Å². The normalized spacial score (nSPS) is 10.7. The maximum absolute atomic E-state index is 13.1. The summed E-state index contributed by atoms with van der Waals surface area (Å²) >= 11 is 12.0. The van der Waals surface area contributed by atoms with Crippen LogP contribution in [0.1, 0.15) is 19.0 Å².